The molecule has 1 saturated heterocycles. The molecule has 1 aliphatic heterocycles. The van der Waals surface area contributed by atoms with Gasteiger partial charge in [0.05, 0.1) is 24.2 Å². The Balaban J connectivity index is 1.98. The van der Waals surface area contributed by atoms with Gasteiger partial charge in [-0.1, -0.05) is 67.7 Å². The lowest BCUT2D eigenvalue weighted by Crippen LogP contribution is -2.58. The summed E-state index contributed by atoms with van der Waals surface area (Å²) in [5.74, 6) is -2.69. The van der Waals surface area contributed by atoms with Crippen molar-refractivity contribution in [1.82, 2.24) is 0 Å². The minimum Gasteiger partial charge on any atom is -0.465 e. The molecule has 5 nitrogen and oxygen atoms in total. The number of para-hydroxylation sites is 1. The molecule has 158 valence electrons. The monoisotopic (exact) mass is 425 g/mol. The Morgan fingerprint density at radius 2 is 1.43 bits per heavy atom. The van der Waals surface area contributed by atoms with E-state index in [0.29, 0.717) is 4.99 Å². The maximum atomic E-state index is 12.7. The number of thiocarbonyl (C=S) groups is 1. The molecule has 30 heavy (non-hydrogen) atoms. The van der Waals surface area contributed by atoms with Crippen molar-refractivity contribution in [2.45, 2.75) is 26.8 Å². The summed E-state index contributed by atoms with van der Waals surface area (Å²) in [7, 11) is 0. The van der Waals surface area contributed by atoms with Crippen LogP contribution < -0.4 is 4.90 Å². The number of rotatable bonds is 8. The summed E-state index contributed by atoms with van der Waals surface area (Å²) >= 11 is 5.81. The first-order valence-electron chi connectivity index (χ1n) is 10.3. The lowest BCUT2D eigenvalue weighted by Gasteiger charge is -2.53. The van der Waals surface area contributed by atoms with Crippen LogP contribution >= 0.6 is 12.2 Å². The van der Waals surface area contributed by atoms with Crippen LogP contribution in [0.15, 0.2) is 60.7 Å². The summed E-state index contributed by atoms with van der Waals surface area (Å²) in [6, 6.07) is 19.9. The third-order valence-electron chi connectivity index (χ3n) is 5.49. The highest BCUT2D eigenvalue weighted by Gasteiger charge is 2.53. The van der Waals surface area contributed by atoms with Gasteiger partial charge in [-0.15, -0.1) is 0 Å². The summed E-state index contributed by atoms with van der Waals surface area (Å²) < 4.78 is 10.4. The van der Waals surface area contributed by atoms with Crippen LogP contribution in [0.25, 0.3) is 0 Å². The fourth-order valence-corrected chi connectivity index (χ4v) is 4.67. The molecule has 0 spiro atoms. The van der Waals surface area contributed by atoms with E-state index in [9.17, 15) is 9.59 Å². The number of esters is 2. The first-order chi connectivity index (χ1) is 14.5. The summed E-state index contributed by atoms with van der Waals surface area (Å²) in [5, 5.41) is 0. The van der Waals surface area contributed by atoms with Gasteiger partial charge in [-0.3, -0.25) is 9.59 Å². The first-order valence-corrected chi connectivity index (χ1v) is 10.7. The maximum absolute atomic E-state index is 12.7. The fourth-order valence-electron chi connectivity index (χ4n) is 4.10. The zero-order chi connectivity index (χ0) is 21.7. The maximum Gasteiger partial charge on any atom is 0.320 e. The predicted molar refractivity (Wildman–Crippen MR) is 120 cm³/mol. The number of benzene rings is 2. The van der Waals surface area contributed by atoms with E-state index in [2.05, 4.69) is 4.90 Å². The van der Waals surface area contributed by atoms with Crippen molar-refractivity contribution >= 4 is 34.8 Å². The van der Waals surface area contributed by atoms with Crippen molar-refractivity contribution in [1.29, 1.82) is 0 Å². The summed E-state index contributed by atoms with van der Waals surface area (Å²) in [4.78, 5) is 28.1. The number of carbonyl (C=O) groups is 2. The summed E-state index contributed by atoms with van der Waals surface area (Å²) in [6.45, 7) is 5.74. The molecule has 0 amide bonds. The molecule has 1 heterocycles. The van der Waals surface area contributed by atoms with Gasteiger partial charge in [0.25, 0.3) is 0 Å². The quantitative estimate of drug-likeness (QED) is 0.351. The minimum atomic E-state index is -1.02. The Bertz CT molecular complexity index is 869. The van der Waals surface area contributed by atoms with Crippen LogP contribution in [0.4, 0.5) is 5.69 Å². The van der Waals surface area contributed by atoms with E-state index in [0.717, 1.165) is 11.3 Å². The molecule has 0 aromatic heterocycles. The van der Waals surface area contributed by atoms with Crippen molar-refractivity contribution in [3.05, 3.63) is 66.2 Å². The Morgan fingerprint density at radius 3 is 1.93 bits per heavy atom. The van der Waals surface area contributed by atoms with Crippen molar-refractivity contribution in [2.24, 2.45) is 17.8 Å². The Labute approximate surface area is 183 Å². The van der Waals surface area contributed by atoms with Gasteiger partial charge < -0.3 is 14.4 Å². The van der Waals surface area contributed by atoms with Crippen LogP contribution in [0, 0.1) is 17.8 Å². The lowest BCUT2D eigenvalue weighted by atomic mass is 9.70. The van der Waals surface area contributed by atoms with Crippen molar-refractivity contribution in [2.75, 3.05) is 18.1 Å². The van der Waals surface area contributed by atoms with Gasteiger partial charge in [0.2, 0.25) is 0 Å². The van der Waals surface area contributed by atoms with Gasteiger partial charge in [0, 0.05) is 11.6 Å². The molecule has 0 aliphatic carbocycles. The van der Waals surface area contributed by atoms with Gasteiger partial charge in [-0.25, -0.2) is 0 Å². The summed E-state index contributed by atoms with van der Waals surface area (Å²) in [6.07, 6.45) is 0. The largest absolute Gasteiger partial charge is 0.465 e. The molecule has 0 radical (unpaired) electrons. The minimum absolute atomic E-state index is 0.0811. The lowest BCUT2D eigenvalue weighted by molar-refractivity contribution is -0.165. The van der Waals surface area contributed by atoms with E-state index in [-0.39, 0.29) is 31.1 Å². The average molecular weight is 426 g/mol. The molecule has 6 heteroatoms. The topological polar surface area (TPSA) is 55.8 Å². The number of carbonyl (C=O) groups excluding carboxylic acids is 2. The molecule has 0 N–H and O–H groups in total. The zero-order valence-corrected chi connectivity index (χ0v) is 18.3. The number of hydrogen-bond acceptors (Lipinski definition) is 5. The fraction of sp³-hybridized carbons (Fsp3) is 0.375. The van der Waals surface area contributed by atoms with E-state index in [1.165, 1.54) is 0 Å². The predicted octanol–water partition coefficient (Wildman–Crippen LogP) is 4.57. The van der Waals surface area contributed by atoms with Crippen LogP contribution in [-0.4, -0.2) is 30.1 Å². The number of hydrogen-bond donors (Lipinski definition) is 0. The number of ether oxygens (including phenoxy) is 2. The highest BCUT2D eigenvalue weighted by Crippen LogP contribution is 2.49. The van der Waals surface area contributed by atoms with Crippen LogP contribution in [0.3, 0.4) is 0 Å². The molecule has 0 bridgehead atoms. The second-order valence-corrected chi connectivity index (χ2v) is 7.68. The van der Waals surface area contributed by atoms with Crippen molar-refractivity contribution in [3.8, 4) is 0 Å². The molecular weight excluding hydrogens is 398 g/mol. The van der Waals surface area contributed by atoms with E-state index in [4.69, 9.17) is 21.7 Å². The standard InChI is InChI=1S/C24H27NO4S/c1-4-28-23(26)20(24(27)29-5-2)16(3)19-21(17-12-8-6-9-13-17)25(22(19)30)18-14-10-7-11-15-18/h6-16,19-21H,4-5H2,1-3H3/t16-,19-,21-/m1/s1. The van der Waals surface area contributed by atoms with Gasteiger partial charge >= 0.3 is 11.9 Å². The van der Waals surface area contributed by atoms with E-state index < -0.39 is 17.9 Å². The van der Waals surface area contributed by atoms with Gasteiger partial charge in [-0.05, 0) is 37.5 Å². The highest BCUT2D eigenvalue weighted by atomic mass is 32.1. The Morgan fingerprint density at radius 1 is 0.933 bits per heavy atom. The van der Waals surface area contributed by atoms with E-state index >= 15 is 0 Å². The van der Waals surface area contributed by atoms with E-state index in [1.807, 2.05) is 67.6 Å². The second kappa shape index (κ2) is 9.85. The number of nitrogens with zero attached hydrogens (tertiary/aromatic N) is 1. The molecule has 1 fully saturated rings. The van der Waals surface area contributed by atoms with Gasteiger partial charge in [-0.2, -0.15) is 0 Å². The third-order valence-corrected chi connectivity index (χ3v) is 5.96. The van der Waals surface area contributed by atoms with Crippen molar-refractivity contribution in [3.63, 3.8) is 0 Å². The normalized spacial score (nSPS) is 19.2. The Hall–Kier alpha value is -2.73. The molecule has 2 aromatic carbocycles. The molecule has 0 unspecified atom stereocenters. The van der Waals surface area contributed by atoms with Crippen LogP contribution in [0.1, 0.15) is 32.4 Å². The van der Waals surface area contributed by atoms with Crippen LogP contribution in [0.5, 0.6) is 0 Å². The third kappa shape index (κ3) is 4.24. The first kappa shape index (κ1) is 22.0. The molecule has 1 aliphatic rings. The molecular formula is C24H27NO4S. The van der Waals surface area contributed by atoms with Crippen molar-refractivity contribution < 1.29 is 19.1 Å². The smallest absolute Gasteiger partial charge is 0.320 e. The van der Waals surface area contributed by atoms with Gasteiger partial charge in [0.15, 0.2) is 5.92 Å². The van der Waals surface area contributed by atoms with Gasteiger partial charge in [0.1, 0.15) is 0 Å². The Kier molecular flexibility index (Phi) is 7.21. The SMILES string of the molecule is CCOC(=O)C(C(=O)OCC)[C@H](C)[C@H]1C(=S)N(c2ccccc2)[C@@H]1c1ccccc1. The summed E-state index contributed by atoms with van der Waals surface area (Å²) in [5.41, 5.74) is 2.07. The molecule has 2 aromatic rings. The van der Waals surface area contributed by atoms with Crippen LogP contribution in [-0.2, 0) is 19.1 Å². The molecule has 0 saturated carbocycles. The second-order valence-electron chi connectivity index (χ2n) is 7.27. The highest BCUT2D eigenvalue weighted by molar-refractivity contribution is 7.80. The van der Waals surface area contributed by atoms with Crippen LogP contribution in [0.2, 0.25) is 0 Å². The number of anilines is 1. The average Bonchev–Trinajstić information content (AvgIpc) is 2.74. The zero-order valence-electron chi connectivity index (χ0n) is 17.5. The molecule has 3 rings (SSSR count). The van der Waals surface area contributed by atoms with E-state index in [1.54, 1.807) is 13.8 Å². The molecule has 3 atom stereocenters.